The Morgan fingerprint density at radius 3 is 2.56 bits per heavy atom. The molecule has 1 rings (SSSR count). The van der Waals surface area contributed by atoms with Gasteiger partial charge in [0.15, 0.2) is 0 Å². The van der Waals surface area contributed by atoms with E-state index in [0.717, 1.165) is 11.3 Å². The minimum absolute atomic E-state index is 0.617. The van der Waals surface area contributed by atoms with Crippen LogP contribution in [0.3, 0.4) is 0 Å². The molecule has 0 N–H and O–H groups in total. The molecule has 0 aliphatic heterocycles. The first-order valence-electron chi connectivity index (χ1n) is 5.34. The maximum absolute atomic E-state index is 8.73. The van der Waals surface area contributed by atoms with Gasteiger partial charge in [0.2, 0.25) is 0 Å². The molecule has 3 heteroatoms. The van der Waals surface area contributed by atoms with Crippen molar-refractivity contribution in [1.82, 2.24) is 0 Å². The molecule has 1 unspecified atom stereocenters. The summed E-state index contributed by atoms with van der Waals surface area (Å²) in [7, 11) is 0. The van der Waals surface area contributed by atoms with Crippen molar-refractivity contribution in [2.45, 2.75) is 31.8 Å². The summed E-state index contributed by atoms with van der Waals surface area (Å²) < 4.78 is 0. The topological polar surface area (TPSA) is 23.8 Å². The van der Waals surface area contributed by atoms with Gasteiger partial charge in [-0.3, -0.25) is 0 Å². The zero-order valence-electron chi connectivity index (χ0n) is 9.83. The van der Waals surface area contributed by atoms with Gasteiger partial charge in [0.1, 0.15) is 0 Å². The van der Waals surface area contributed by atoms with Gasteiger partial charge in [-0.05, 0) is 23.6 Å². The molecule has 0 aromatic heterocycles. The van der Waals surface area contributed by atoms with Gasteiger partial charge in [-0.2, -0.15) is 17.0 Å². The third-order valence-electron chi connectivity index (χ3n) is 2.62. The molecular weight excluding hydrogens is 238 g/mol. The summed E-state index contributed by atoms with van der Waals surface area (Å²) in [6, 6.07) is 7.59. The Labute approximate surface area is 107 Å². The Bertz CT molecular complexity index is 395. The number of hydrogen-bond donors (Lipinski definition) is 0. The van der Waals surface area contributed by atoms with Crippen molar-refractivity contribution < 1.29 is 0 Å². The van der Waals surface area contributed by atoms with Crippen LogP contribution in [0.2, 0.25) is 5.02 Å². The second-order valence-electron chi connectivity index (χ2n) is 4.18. The minimum Gasteiger partial charge on any atom is -0.192 e. The molecule has 0 radical (unpaired) electrons. The van der Waals surface area contributed by atoms with E-state index < -0.39 is 0 Å². The highest BCUT2D eigenvalue weighted by atomic mass is 35.5. The normalized spacial score (nSPS) is 12.5. The average molecular weight is 254 g/mol. The first-order valence-corrected chi connectivity index (χ1v) is 6.77. The Balaban J connectivity index is 2.65. The van der Waals surface area contributed by atoms with E-state index in [-0.39, 0.29) is 0 Å². The molecule has 0 aliphatic carbocycles. The largest absolute Gasteiger partial charge is 0.192 e. The number of nitrogens with zero attached hydrogens (tertiary/aromatic N) is 1. The van der Waals surface area contributed by atoms with Crippen LogP contribution in [0.15, 0.2) is 18.2 Å². The molecule has 86 valence electrons. The van der Waals surface area contributed by atoms with Crippen LogP contribution in [0, 0.1) is 17.2 Å². The highest BCUT2D eigenvalue weighted by molar-refractivity contribution is 7.99. The lowest BCUT2D eigenvalue weighted by Crippen LogP contribution is -2.05. The van der Waals surface area contributed by atoms with E-state index in [1.54, 1.807) is 6.07 Å². The van der Waals surface area contributed by atoms with E-state index >= 15 is 0 Å². The van der Waals surface area contributed by atoms with Gasteiger partial charge < -0.3 is 0 Å². The van der Waals surface area contributed by atoms with Crippen LogP contribution < -0.4 is 0 Å². The van der Waals surface area contributed by atoms with Crippen LogP contribution in [-0.4, -0.2) is 5.25 Å². The predicted molar refractivity (Wildman–Crippen MR) is 71.8 cm³/mol. The second-order valence-corrected chi connectivity index (χ2v) is 5.95. The summed E-state index contributed by atoms with van der Waals surface area (Å²) in [4.78, 5) is 0. The minimum atomic E-state index is 0.617. The SMILES string of the molecule is CC(C)C(C)SCc1ccc(C#N)cc1Cl. The van der Waals surface area contributed by atoms with E-state index in [0.29, 0.717) is 21.8 Å². The molecular formula is C13H16ClNS. The van der Waals surface area contributed by atoms with Gasteiger partial charge in [0.05, 0.1) is 11.6 Å². The number of nitriles is 1. The molecule has 1 nitrogen and oxygen atoms in total. The quantitative estimate of drug-likeness (QED) is 0.790. The van der Waals surface area contributed by atoms with Crippen molar-refractivity contribution in [3.63, 3.8) is 0 Å². The van der Waals surface area contributed by atoms with E-state index in [2.05, 4.69) is 26.8 Å². The predicted octanol–water partition coefficient (Wildman–Crippen LogP) is 4.49. The fourth-order valence-electron chi connectivity index (χ4n) is 1.15. The van der Waals surface area contributed by atoms with Crippen LogP contribution in [-0.2, 0) is 5.75 Å². The summed E-state index contributed by atoms with van der Waals surface area (Å²) in [6.45, 7) is 6.67. The van der Waals surface area contributed by atoms with E-state index in [4.69, 9.17) is 16.9 Å². The molecule has 0 saturated heterocycles. The van der Waals surface area contributed by atoms with Gasteiger partial charge in [-0.15, -0.1) is 0 Å². The average Bonchev–Trinajstić information content (AvgIpc) is 2.26. The molecule has 0 amide bonds. The highest BCUT2D eigenvalue weighted by Crippen LogP contribution is 2.27. The van der Waals surface area contributed by atoms with Crippen LogP contribution in [0.25, 0.3) is 0 Å². The Kier molecular flexibility index (Phi) is 5.18. The standard InChI is InChI=1S/C13H16ClNS/c1-9(2)10(3)16-8-12-5-4-11(7-15)6-13(12)14/h4-6,9-10H,8H2,1-3H3. The third kappa shape index (κ3) is 3.73. The number of thioether (sulfide) groups is 1. The lowest BCUT2D eigenvalue weighted by Gasteiger charge is -2.15. The van der Waals surface area contributed by atoms with Gasteiger partial charge >= 0.3 is 0 Å². The van der Waals surface area contributed by atoms with Crippen LogP contribution in [0.4, 0.5) is 0 Å². The second kappa shape index (κ2) is 6.18. The van der Waals surface area contributed by atoms with Crippen molar-refractivity contribution in [2.75, 3.05) is 0 Å². The molecule has 0 bridgehead atoms. The van der Waals surface area contributed by atoms with Crippen LogP contribution in [0.5, 0.6) is 0 Å². The van der Waals surface area contributed by atoms with Crippen molar-refractivity contribution in [3.05, 3.63) is 34.3 Å². The molecule has 0 spiro atoms. The number of hydrogen-bond acceptors (Lipinski definition) is 2. The van der Waals surface area contributed by atoms with Gasteiger partial charge in [-0.25, -0.2) is 0 Å². The molecule has 1 atom stereocenters. The fraction of sp³-hybridized carbons (Fsp3) is 0.462. The number of rotatable bonds is 4. The monoisotopic (exact) mass is 253 g/mol. The molecule has 0 heterocycles. The molecule has 0 saturated carbocycles. The van der Waals surface area contributed by atoms with Crippen LogP contribution in [0.1, 0.15) is 31.9 Å². The fourth-order valence-corrected chi connectivity index (χ4v) is 2.55. The summed E-state index contributed by atoms with van der Waals surface area (Å²) in [5.41, 5.74) is 1.73. The van der Waals surface area contributed by atoms with Crippen LogP contribution >= 0.6 is 23.4 Å². The van der Waals surface area contributed by atoms with Crippen molar-refractivity contribution in [2.24, 2.45) is 5.92 Å². The van der Waals surface area contributed by atoms with E-state index in [1.807, 2.05) is 23.9 Å². The first kappa shape index (κ1) is 13.4. The zero-order valence-corrected chi connectivity index (χ0v) is 11.4. The zero-order chi connectivity index (χ0) is 12.1. The lowest BCUT2D eigenvalue weighted by molar-refractivity contribution is 0.642. The Morgan fingerprint density at radius 1 is 1.38 bits per heavy atom. The Hall–Kier alpha value is -0.650. The summed E-state index contributed by atoms with van der Waals surface area (Å²) in [5.74, 6) is 1.58. The molecule has 1 aromatic carbocycles. The summed E-state index contributed by atoms with van der Waals surface area (Å²) in [5, 5.41) is 10.0. The van der Waals surface area contributed by atoms with Crippen molar-refractivity contribution >= 4 is 23.4 Å². The summed E-state index contributed by atoms with van der Waals surface area (Å²) in [6.07, 6.45) is 0. The maximum atomic E-state index is 8.73. The smallest absolute Gasteiger partial charge is 0.0992 e. The molecule has 1 aromatic rings. The first-order chi connectivity index (χ1) is 7.54. The van der Waals surface area contributed by atoms with Gasteiger partial charge in [0.25, 0.3) is 0 Å². The molecule has 0 aliphatic rings. The highest BCUT2D eigenvalue weighted by Gasteiger charge is 2.09. The Morgan fingerprint density at radius 2 is 2.06 bits per heavy atom. The van der Waals surface area contributed by atoms with Crippen molar-refractivity contribution in [3.8, 4) is 6.07 Å². The lowest BCUT2D eigenvalue weighted by atomic mass is 10.1. The number of halogens is 1. The summed E-state index contributed by atoms with van der Waals surface area (Å²) >= 11 is 8.00. The molecule has 16 heavy (non-hydrogen) atoms. The van der Waals surface area contributed by atoms with Crippen molar-refractivity contribution in [1.29, 1.82) is 5.26 Å². The number of benzene rings is 1. The van der Waals surface area contributed by atoms with Gasteiger partial charge in [-0.1, -0.05) is 38.4 Å². The van der Waals surface area contributed by atoms with E-state index in [1.165, 1.54) is 0 Å². The van der Waals surface area contributed by atoms with Gasteiger partial charge in [0, 0.05) is 16.0 Å². The van der Waals surface area contributed by atoms with E-state index in [9.17, 15) is 0 Å². The molecule has 0 fully saturated rings. The maximum Gasteiger partial charge on any atom is 0.0992 e. The third-order valence-corrected chi connectivity index (χ3v) is 4.52.